The van der Waals surface area contributed by atoms with E-state index in [1.807, 2.05) is 13.0 Å². The summed E-state index contributed by atoms with van der Waals surface area (Å²) in [6.07, 6.45) is 1.01. The molecule has 0 bridgehead atoms. The zero-order chi connectivity index (χ0) is 12.4. The molecule has 1 fully saturated rings. The molecule has 1 saturated heterocycles. The van der Waals surface area contributed by atoms with Crippen molar-refractivity contribution in [3.8, 4) is 0 Å². The number of hydrogen-bond donors (Lipinski definition) is 1. The van der Waals surface area contributed by atoms with Gasteiger partial charge in [-0.15, -0.1) is 0 Å². The van der Waals surface area contributed by atoms with Crippen LogP contribution < -0.4 is 5.73 Å². The summed E-state index contributed by atoms with van der Waals surface area (Å²) < 4.78 is 0. The molecular formula is C12H17N3O2. The Morgan fingerprint density at radius 1 is 1.59 bits per heavy atom. The van der Waals surface area contributed by atoms with Gasteiger partial charge in [0.15, 0.2) is 0 Å². The molecule has 1 aliphatic heterocycles. The summed E-state index contributed by atoms with van der Waals surface area (Å²) in [6.45, 7) is 4.41. The Labute approximate surface area is 100 Å². The van der Waals surface area contributed by atoms with Crippen LogP contribution in [-0.2, 0) is 6.54 Å². The minimum Gasteiger partial charge on any atom is -0.326 e. The van der Waals surface area contributed by atoms with Gasteiger partial charge in [-0.3, -0.25) is 15.0 Å². The van der Waals surface area contributed by atoms with Crippen LogP contribution in [0.15, 0.2) is 18.2 Å². The van der Waals surface area contributed by atoms with Crippen molar-refractivity contribution in [3.05, 3.63) is 39.4 Å². The molecule has 0 radical (unpaired) electrons. The van der Waals surface area contributed by atoms with Crippen molar-refractivity contribution >= 4 is 5.69 Å². The third-order valence-electron chi connectivity index (χ3n) is 3.32. The highest BCUT2D eigenvalue weighted by Gasteiger charge is 2.21. The van der Waals surface area contributed by atoms with E-state index in [-0.39, 0.29) is 16.7 Å². The number of likely N-dealkylation sites (tertiary alicyclic amines) is 1. The lowest BCUT2D eigenvalue weighted by Crippen LogP contribution is -2.26. The van der Waals surface area contributed by atoms with Crippen LogP contribution in [0.1, 0.15) is 17.5 Å². The van der Waals surface area contributed by atoms with Crippen LogP contribution >= 0.6 is 0 Å². The molecule has 1 heterocycles. The molecule has 2 rings (SSSR count). The Hall–Kier alpha value is -1.46. The fraction of sp³-hybridized carbons (Fsp3) is 0.500. The van der Waals surface area contributed by atoms with Crippen LogP contribution in [0.3, 0.4) is 0 Å². The Kier molecular flexibility index (Phi) is 3.40. The standard InChI is InChI=1S/C12H17N3O2/c1-9-10(3-2-4-12(9)15(16)17)7-14-6-5-11(13)8-14/h2-4,11H,5-8,13H2,1H3. The predicted molar refractivity (Wildman–Crippen MR) is 65.7 cm³/mol. The summed E-state index contributed by atoms with van der Waals surface area (Å²) in [4.78, 5) is 12.8. The van der Waals surface area contributed by atoms with E-state index < -0.39 is 0 Å². The van der Waals surface area contributed by atoms with Gasteiger partial charge in [-0.2, -0.15) is 0 Å². The second kappa shape index (κ2) is 4.81. The number of nitrogens with zero attached hydrogens (tertiary/aromatic N) is 2. The highest BCUT2D eigenvalue weighted by molar-refractivity contribution is 5.44. The number of hydrogen-bond acceptors (Lipinski definition) is 4. The van der Waals surface area contributed by atoms with Crippen LogP contribution in [-0.4, -0.2) is 29.0 Å². The van der Waals surface area contributed by atoms with E-state index in [0.29, 0.717) is 0 Å². The topological polar surface area (TPSA) is 72.4 Å². The molecule has 1 unspecified atom stereocenters. The molecule has 1 aromatic rings. The van der Waals surface area contributed by atoms with Gasteiger partial charge in [0.25, 0.3) is 5.69 Å². The predicted octanol–water partition coefficient (Wildman–Crippen LogP) is 1.44. The van der Waals surface area contributed by atoms with Crippen molar-refractivity contribution in [2.45, 2.75) is 25.9 Å². The van der Waals surface area contributed by atoms with Gasteiger partial charge in [0.05, 0.1) is 4.92 Å². The molecule has 92 valence electrons. The van der Waals surface area contributed by atoms with E-state index in [1.165, 1.54) is 0 Å². The normalized spacial score (nSPS) is 20.7. The maximum absolute atomic E-state index is 10.8. The summed E-state index contributed by atoms with van der Waals surface area (Å²) in [7, 11) is 0. The molecule has 0 saturated carbocycles. The summed E-state index contributed by atoms with van der Waals surface area (Å²) >= 11 is 0. The van der Waals surface area contributed by atoms with Crippen LogP contribution in [0.25, 0.3) is 0 Å². The van der Waals surface area contributed by atoms with Crippen molar-refractivity contribution in [2.75, 3.05) is 13.1 Å². The summed E-state index contributed by atoms with van der Waals surface area (Å²) in [5, 5.41) is 10.8. The van der Waals surface area contributed by atoms with Gasteiger partial charge in [0.2, 0.25) is 0 Å². The van der Waals surface area contributed by atoms with Gasteiger partial charge in [-0.05, 0) is 18.9 Å². The van der Waals surface area contributed by atoms with Gasteiger partial charge in [0.1, 0.15) is 0 Å². The van der Waals surface area contributed by atoms with Crippen molar-refractivity contribution in [1.82, 2.24) is 4.90 Å². The largest absolute Gasteiger partial charge is 0.326 e. The first-order valence-corrected chi connectivity index (χ1v) is 5.78. The Balaban J connectivity index is 2.16. The smallest absolute Gasteiger partial charge is 0.272 e. The van der Waals surface area contributed by atoms with E-state index >= 15 is 0 Å². The summed E-state index contributed by atoms with van der Waals surface area (Å²) in [6, 6.07) is 5.49. The zero-order valence-electron chi connectivity index (χ0n) is 9.93. The van der Waals surface area contributed by atoms with E-state index in [2.05, 4.69) is 4.90 Å². The molecule has 5 nitrogen and oxygen atoms in total. The molecule has 1 aliphatic rings. The molecule has 0 aromatic heterocycles. The molecule has 2 N–H and O–H groups in total. The van der Waals surface area contributed by atoms with Crippen molar-refractivity contribution in [2.24, 2.45) is 5.73 Å². The minimum absolute atomic E-state index is 0.200. The van der Waals surface area contributed by atoms with Crippen LogP contribution in [0.2, 0.25) is 0 Å². The molecule has 0 aliphatic carbocycles. The molecule has 17 heavy (non-hydrogen) atoms. The first-order chi connectivity index (χ1) is 8.08. The Morgan fingerprint density at radius 3 is 2.94 bits per heavy atom. The van der Waals surface area contributed by atoms with Crippen molar-refractivity contribution in [3.63, 3.8) is 0 Å². The molecule has 0 amide bonds. The molecular weight excluding hydrogens is 218 g/mol. The monoisotopic (exact) mass is 235 g/mol. The SMILES string of the molecule is Cc1c(CN2CCC(N)C2)cccc1[N+](=O)[O-]. The maximum atomic E-state index is 10.8. The lowest BCUT2D eigenvalue weighted by molar-refractivity contribution is -0.385. The summed E-state index contributed by atoms with van der Waals surface area (Å²) in [5.41, 5.74) is 7.83. The molecule has 1 atom stereocenters. The molecule has 1 aromatic carbocycles. The fourth-order valence-corrected chi connectivity index (χ4v) is 2.29. The van der Waals surface area contributed by atoms with E-state index in [9.17, 15) is 10.1 Å². The zero-order valence-corrected chi connectivity index (χ0v) is 9.93. The number of nitro benzene ring substituents is 1. The third kappa shape index (κ3) is 2.62. The van der Waals surface area contributed by atoms with Crippen molar-refractivity contribution < 1.29 is 4.92 Å². The minimum atomic E-state index is -0.325. The van der Waals surface area contributed by atoms with Crippen molar-refractivity contribution in [1.29, 1.82) is 0 Å². The Bertz CT molecular complexity index is 434. The Morgan fingerprint density at radius 2 is 2.35 bits per heavy atom. The van der Waals surface area contributed by atoms with Gasteiger partial charge in [-0.25, -0.2) is 0 Å². The quantitative estimate of drug-likeness (QED) is 0.635. The second-order valence-electron chi connectivity index (χ2n) is 4.60. The van der Waals surface area contributed by atoms with Gasteiger partial charge >= 0.3 is 0 Å². The third-order valence-corrected chi connectivity index (χ3v) is 3.32. The highest BCUT2D eigenvalue weighted by Crippen LogP contribution is 2.23. The first kappa shape index (κ1) is 12.0. The first-order valence-electron chi connectivity index (χ1n) is 5.78. The molecule has 5 heteroatoms. The highest BCUT2D eigenvalue weighted by atomic mass is 16.6. The average molecular weight is 235 g/mol. The lowest BCUT2D eigenvalue weighted by Gasteiger charge is -2.16. The lowest BCUT2D eigenvalue weighted by atomic mass is 10.1. The average Bonchev–Trinajstić information content (AvgIpc) is 2.67. The number of nitrogens with two attached hydrogens (primary N) is 1. The second-order valence-corrected chi connectivity index (χ2v) is 4.60. The number of nitro groups is 1. The van der Waals surface area contributed by atoms with Crippen LogP contribution in [0.4, 0.5) is 5.69 Å². The van der Waals surface area contributed by atoms with Crippen LogP contribution in [0, 0.1) is 17.0 Å². The number of rotatable bonds is 3. The van der Waals surface area contributed by atoms with Gasteiger partial charge in [-0.1, -0.05) is 12.1 Å². The van der Waals surface area contributed by atoms with E-state index in [0.717, 1.165) is 37.2 Å². The van der Waals surface area contributed by atoms with Gasteiger partial charge in [0, 0.05) is 37.3 Å². The van der Waals surface area contributed by atoms with Gasteiger partial charge < -0.3 is 5.73 Å². The molecule has 0 spiro atoms. The van der Waals surface area contributed by atoms with E-state index in [1.54, 1.807) is 12.1 Å². The van der Waals surface area contributed by atoms with Crippen LogP contribution in [0.5, 0.6) is 0 Å². The van der Waals surface area contributed by atoms with E-state index in [4.69, 9.17) is 5.73 Å². The summed E-state index contributed by atoms with van der Waals surface area (Å²) in [5.74, 6) is 0. The number of benzene rings is 1. The fourth-order valence-electron chi connectivity index (χ4n) is 2.29. The maximum Gasteiger partial charge on any atom is 0.272 e.